The number of fused-ring (bicyclic) bond motifs is 1. The summed E-state index contributed by atoms with van der Waals surface area (Å²) in [7, 11) is 0. The fraction of sp³-hybridized carbons (Fsp3) is 0.409. The van der Waals surface area contributed by atoms with Gasteiger partial charge in [0.15, 0.2) is 17.4 Å². The van der Waals surface area contributed by atoms with E-state index in [1.165, 1.54) is 0 Å². The van der Waals surface area contributed by atoms with Crippen molar-refractivity contribution in [3.63, 3.8) is 0 Å². The van der Waals surface area contributed by atoms with Gasteiger partial charge in [0.1, 0.15) is 5.75 Å². The van der Waals surface area contributed by atoms with E-state index < -0.39 is 0 Å². The predicted octanol–water partition coefficient (Wildman–Crippen LogP) is 4.03. The van der Waals surface area contributed by atoms with Crippen LogP contribution in [0.25, 0.3) is 5.65 Å². The second-order valence-electron chi connectivity index (χ2n) is 7.23. The van der Waals surface area contributed by atoms with Gasteiger partial charge in [-0.2, -0.15) is 0 Å². The minimum atomic E-state index is 0. The summed E-state index contributed by atoms with van der Waals surface area (Å²) in [6.07, 6.45) is 3.00. The molecule has 0 fully saturated rings. The molecule has 0 saturated heterocycles. The first kappa shape index (κ1) is 23.9. The van der Waals surface area contributed by atoms with Gasteiger partial charge in [-0.15, -0.1) is 34.2 Å². The first-order chi connectivity index (χ1) is 14.2. The Kier molecular flexibility index (Phi) is 9.85. The number of aliphatic imine (C=N–C) groups is 1. The van der Waals surface area contributed by atoms with E-state index in [4.69, 9.17) is 9.73 Å². The number of aromatic nitrogens is 3. The first-order valence-corrected chi connectivity index (χ1v) is 10.2. The van der Waals surface area contributed by atoms with Crippen LogP contribution < -0.4 is 15.4 Å². The third-order valence-electron chi connectivity index (χ3n) is 4.48. The van der Waals surface area contributed by atoms with Crippen molar-refractivity contribution in [3.8, 4) is 5.75 Å². The molecule has 2 aromatic heterocycles. The Morgan fingerprint density at radius 1 is 1.10 bits per heavy atom. The lowest BCUT2D eigenvalue weighted by atomic mass is 10.1. The van der Waals surface area contributed by atoms with Crippen LogP contribution in [0.5, 0.6) is 5.75 Å². The van der Waals surface area contributed by atoms with E-state index in [-0.39, 0.29) is 24.0 Å². The maximum absolute atomic E-state index is 5.98. The van der Waals surface area contributed by atoms with Crippen molar-refractivity contribution < 1.29 is 4.74 Å². The summed E-state index contributed by atoms with van der Waals surface area (Å²) in [6, 6.07) is 13.9. The van der Waals surface area contributed by atoms with Gasteiger partial charge >= 0.3 is 0 Å². The SMILES string of the molecule is CCNC(=NCc1ccccc1OCCC(C)C)NCc1nnc2ccccn12.I. The van der Waals surface area contributed by atoms with E-state index in [0.717, 1.165) is 48.3 Å². The van der Waals surface area contributed by atoms with Crippen molar-refractivity contribution in [3.05, 3.63) is 60.0 Å². The molecule has 1 aromatic carbocycles. The molecule has 0 bridgehead atoms. The largest absolute Gasteiger partial charge is 0.493 e. The van der Waals surface area contributed by atoms with Crippen molar-refractivity contribution in [2.45, 2.75) is 40.3 Å². The highest BCUT2D eigenvalue weighted by molar-refractivity contribution is 14.0. The highest BCUT2D eigenvalue weighted by Gasteiger charge is 2.07. The minimum Gasteiger partial charge on any atom is -0.493 e. The van der Waals surface area contributed by atoms with Crippen LogP contribution in [0, 0.1) is 5.92 Å². The van der Waals surface area contributed by atoms with E-state index in [1.807, 2.05) is 53.9 Å². The van der Waals surface area contributed by atoms with Crippen LogP contribution in [-0.4, -0.2) is 33.7 Å². The molecular formula is C22H31IN6O. The van der Waals surface area contributed by atoms with Crippen LogP contribution in [0.1, 0.15) is 38.6 Å². The van der Waals surface area contributed by atoms with E-state index in [2.05, 4.69) is 40.7 Å². The number of benzene rings is 1. The molecule has 8 heteroatoms. The number of para-hydroxylation sites is 1. The van der Waals surface area contributed by atoms with Gasteiger partial charge < -0.3 is 15.4 Å². The van der Waals surface area contributed by atoms with Gasteiger partial charge in [-0.1, -0.05) is 38.1 Å². The third kappa shape index (κ3) is 6.86. The summed E-state index contributed by atoms with van der Waals surface area (Å²) >= 11 is 0. The zero-order valence-electron chi connectivity index (χ0n) is 17.8. The van der Waals surface area contributed by atoms with E-state index in [9.17, 15) is 0 Å². The van der Waals surface area contributed by atoms with Crippen LogP contribution in [0.3, 0.4) is 0 Å². The van der Waals surface area contributed by atoms with Gasteiger partial charge in [0, 0.05) is 18.3 Å². The maximum Gasteiger partial charge on any atom is 0.191 e. The molecule has 2 N–H and O–H groups in total. The summed E-state index contributed by atoms with van der Waals surface area (Å²) in [4.78, 5) is 4.72. The number of nitrogens with one attached hydrogen (secondary N) is 2. The smallest absolute Gasteiger partial charge is 0.191 e. The lowest BCUT2D eigenvalue weighted by molar-refractivity contribution is 0.287. The molecular weight excluding hydrogens is 491 g/mol. The Morgan fingerprint density at radius 2 is 1.90 bits per heavy atom. The number of guanidine groups is 1. The molecule has 2 heterocycles. The van der Waals surface area contributed by atoms with Gasteiger partial charge in [0.05, 0.1) is 19.7 Å². The van der Waals surface area contributed by atoms with Gasteiger partial charge in [-0.25, -0.2) is 4.99 Å². The van der Waals surface area contributed by atoms with Crippen molar-refractivity contribution in [1.29, 1.82) is 0 Å². The molecule has 3 aromatic rings. The molecule has 162 valence electrons. The number of pyridine rings is 1. The molecule has 0 amide bonds. The Labute approximate surface area is 195 Å². The Hall–Kier alpha value is -2.36. The first-order valence-electron chi connectivity index (χ1n) is 10.2. The molecule has 0 aliphatic carbocycles. The van der Waals surface area contributed by atoms with E-state index in [1.54, 1.807) is 0 Å². The fourth-order valence-electron chi connectivity index (χ4n) is 2.86. The van der Waals surface area contributed by atoms with Crippen LogP contribution in [-0.2, 0) is 13.1 Å². The molecule has 0 atom stereocenters. The monoisotopic (exact) mass is 522 g/mol. The molecule has 30 heavy (non-hydrogen) atoms. The summed E-state index contributed by atoms with van der Waals surface area (Å²) < 4.78 is 7.94. The average molecular weight is 522 g/mol. The second kappa shape index (κ2) is 12.4. The highest BCUT2D eigenvalue weighted by atomic mass is 127. The number of ether oxygens (including phenoxy) is 1. The molecule has 3 rings (SSSR count). The third-order valence-corrected chi connectivity index (χ3v) is 4.48. The minimum absolute atomic E-state index is 0. The quantitative estimate of drug-likeness (QED) is 0.252. The lowest BCUT2D eigenvalue weighted by Gasteiger charge is -2.13. The van der Waals surface area contributed by atoms with Crippen LogP contribution >= 0.6 is 24.0 Å². The Bertz CT molecular complexity index is 940. The average Bonchev–Trinajstić information content (AvgIpc) is 3.14. The van der Waals surface area contributed by atoms with Gasteiger partial charge in [-0.05, 0) is 37.5 Å². The van der Waals surface area contributed by atoms with Crippen molar-refractivity contribution in [1.82, 2.24) is 25.2 Å². The van der Waals surface area contributed by atoms with E-state index in [0.29, 0.717) is 19.0 Å². The van der Waals surface area contributed by atoms with Crippen LogP contribution in [0.15, 0.2) is 53.7 Å². The summed E-state index contributed by atoms with van der Waals surface area (Å²) in [5.74, 6) is 3.09. The molecule has 0 unspecified atom stereocenters. The zero-order valence-corrected chi connectivity index (χ0v) is 20.2. The molecule has 0 spiro atoms. The number of nitrogens with zero attached hydrogens (tertiary/aromatic N) is 4. The number of halogens is 1. The van der Waals surface area contributed by atoms with Gasteiger partial charge in [-0.3, -0.25) is 4.40 Å². The van der Waals surface area contributed by atoms with E-state index >= 15 is 0 Å². The number of hydrogen-bond donors (Lipinski definition) is 2. The number of hydrogen-bond acceptors (Lipinski definition) is 4. The Morgan fingerprint density at radius 3 is 2.70 bits per heavy atom. The molecule has 0 radical (unpaired) electrons. The second-order valence-corrected chi connectivity index (χ2v) is 7.23. The summed E-state index contributed by atoms with van der Waals surface area (Å²) in [5.41, 5.74) is 1.90. The maximum atomic E-state index is 5.98. The van der Waals surface area contributed by atoms with Crippen LogP contribution in [0.4, 0.5) is 0 Å². The topological polar surface area (TPSA) is 75.8 Å². The standard InChI is InChI=1S/C22H30N6O.HI/c1-4-23-22(25-16-21-27-26-20-11-7-8-13-28(20)21)24-15-18-9-5-6-10-19(18)29-14-12-17(2)3;/h5-11,13,17H,4,12,14-16H2,1-3H3,(H2,23,24,25);1H. The molecule has 0 aliphatic rings. The van der Waals surface area contributed by atoms with Gasteiger partial charge in [0.2, 0.25) is 0 Å². The molecule has 0 saturated carbocycles. The number of rotatable bonds is 9. The van der Waals surface area contributed by atoms with Gasteiger partial charge in [0.25, 0.3) is 0 Å². The lowest BCUT2D eigenvalue weighted by Crippen LogP contribution is -2.37. The molecule has 0 aliphatic heterocycles. The van der Waals surface area contributed by atoms with Crippen LogP contribution in [0.2, 0.25) is 0 Å². The summed E-state index contributed by atoms with van der Waals surface area (Å²) in [5, 5.41) is 15.1. The van der Waals surface area contributed by atoms with Crippen molar-refractivity contribution in [2.75, 3.05) is 13.2 Å². The van der Waals surface area contributed by atoms with Crippen molar-refractivity contribution in [2.24, 2.45) is 10.9 Å². The summed E-state index contributed by atoms with van der Waals surface area (Å²) in [6.45, 7) is 9.01. The molecule has 7 nitrogen and oxygen atoms in total. The Balaban J connectivity index is 0.00000320. The highest BCUT2D eigenvalue weighted by Crippen LogP contribution is 2.19. The normalized spacial score (nSPS) is 11.4. The van der Waals surface area contributed by atoms with Crippen molar-refractivity contribution >= 4 is 35.6 Å². The predicted molar refractivity (Wildman–Crippen MR) is 131 cm³/mol. The fourth-order valence-corrected chi connectivity index (χ4v) is 2.86. The zero-order chi connectivity index (χ0) is 20.5.